The first kappa shape index (κ1) is 12.8. The molecule has 0 amide bonds. The Morgan fingerprint density at radius 3 is 3.06 bits per heavy atom. The van der Waals surface area contributed by atoms with Gasteiger partial charge in [-0.2, -0.15) is 0 Å². The Labute approximate surface area is 99.5 Å². The molecule has 1 unspecified atom stereocenters. The third-order valence-electron chi connectivity index (χ3n) is 2.26. The molecule has 0 aliphatic rings. The molecule has 3 nitrogen and oxygen atoms in total. The van der Waals surface area contributed by atoms with Gasteiger partial charge in [0.25, 0.3) is 0 Å². The molecule has 0 aliphatic carbocycles. The van der Waals surface area contributed by atoms with E-state index < -0.39 is 5.97 Å². The van der Waals surface area contributed by atoms with Crippen LogP contribution in [0.2, 0.25) is 0 Å². The summed E-state index contributed by atoms with van der Waals surface area (Å²) in [7, 11) is 0. The number of rotatable bonds is 6. The van der Waals surface area contributed by atoms with Crippen LogP contribution in [0.1, 0.15) is 35.0 Å². The van der Waals surface area contributed by atoms with E-state index in [1.807, 2.05) is 6.07 Å². The highest BCUT2D eigenvalue weighted by Crippen LogP contribution is 2.16. The van der Waals surface area contributed by atoms with Gasteiger partial charge in [0.2, 0.25) is 0 Å². The summed E-state index contributed by atoms with van der Waals surface area (Å²) < 4.78 is 0. The number of terminal acetylenes is 1. The van der Waals surface area contributed by atoms with Gasteiger partial charge in [-0.05, 0) is 23.4 Å². The van der Waals surface area contributed by atoms with Crippen LogP contribution >= 0.6 is 11.3 Å². The van der Waals surface area contributed by atoms with Gasteiger partial charge in [0.1, 0.15) is 4.88 Å². The maximum Gasteiger partial charge on any atom is 0.346 e. The average molecular weight is 237 g/mol. The van der Waals surface area contributed by atoms with E-state index in [-0.39, 0.29) is 6.04 Å². The van der Waals surface area contributed by atoms with E-state index in [1.54, 1.807) is 5.38 Å². The minimum absolute atomic E-state index is 0.0199. The van der Waals surface area contributed by atoms with Gasteiger partial charge < -0.3 is 5.11 Å². The zero-order valence-electron chi connectivity index (χ0n) is 9.19. The van der Waals surface area contributed by atoms with Crippen LogP contribution in [0.3, 0.4) is 0 Å². The van der Waals surface area contributed by atoms with Gasteiger partial charge in [0.15, 0.2) is 0 Å². The van der Waals surface area contributed by atoms with E-state index in [0.29, 0.717) is 11.4 Å². The van der Waals surface area contributed by atoms with Crippen molar-refractivity contribution in [3.8, 4) is 12.3 Å². The van der Waals surface area contributed by atoms with Gasteiger partial charge >= 0.3 is 5.97 Å². The normalized spacial score (nSPS) is 12.0. The molecule has 2 N–H and O–H groups in total. The van der Waals surface area contributed by atoms with Crippen LogP contribution in [-0.4, -0.2) is 17.1 Å². The molecular formula is C12H15NO2S. The van der Waals surface area contributed by atoms with Gasteiger partial charge in [-0.25, -0.2) is 4.79 Å². The van der Waals surface area contributed by atoms with E-state index >= 15 is 0 Å². The van der Waals surface area contributed by atoms with Crippen LogP contribution in [0.25, 0.3) is 0 Å². The molecule has 0 radical (unpaired) electrons. The second kappa shape index (κ2) is 6.31. The van der Waals surface area contributed by atoms with Crippen molar-refractivity contribution in [2.24, 2.45) is 0 Å². The third-order valence-corrected chi connectivity index (χ3v) is 3.20. The molecule has 1 aromatic heterocycles. The van der Waals surface area contributed by atoms with E-state index in [9.17, 15) is 4.79 Å². The van der Waals surface area contributed by atoms with Crippen molar-refractivity contribution >= 4 is 17.3 Å². The summed E-state index contributed by atoms with van der Waals surface area (Å²) in [4.78, 5) is 11.3. The van der Waals surface area contributed by atoms with E-state index in [2.05, 4.69) is 18.2 Å². The van der Waals surface area contributed by atoms with Gasteiger partial charge in [0, 0.05) is 6.54 Å². The highest BCUT2D eigenvalue weighted by molar-refractivity contribution is 7.12. The van der Waals surface area contributed by atoms with E-state index in [0.717, 1.165) is 18.4 Å². The minimum Gasteiger partial charge on any atom is -0.477 e. The fourth-order valence-corrected chi connectivity index (χ4v) is 2.19. The molecule has 16 heavy (non-hydrogen) atoms. The number of aromatic carboxylic acids is 1. The van der Waals surface area contributed by atoms with Gasteiger partial charge in [-0.3, -0.25) is 5.32 Å². The zero-order valence-corrected chi connectivity index (χ0v) is 10.0. The average Bonchev–Trinajstić information content (AvgIpc) is 2.72. The first-order valence-electron chi connectivity index (χ1n) is 5.18. The molecule has 1 heterocycles. The smallest absolute Gasteiger partial charge is 0.346 e. The summed E-state index contributed by atoms with van der Waals surface area (Å²) >= 11 is 1.24. The van der Waals surface area contributed by atoms with Crippen molar-refractivity contribution in [3.63, 3.8) is 0 Å². The van der Waals surface area contributed by atoms with Crippen LogP contribution in [-0.2, 0) is 6.54 Å². The molecule has 1 aromatic rings. The number of nitrogens with one attached hydrogen (secondary N) is 1. The molecule has 1 atom stereocenters. The Kier molecular flexibility index (Phi) is 5.03. The van der Waals surface area contributed by atoms with Crippen molar-refractivity contribution < 1.29 is 9.90 Å². The maximum absolute atomic E-state index is 10.9. The van der Waals surface area contributed by atoms with Crippen molar-refractivity contribution in [1.82, 2.24) is 5.32 Å². The standard InChI is InChI=1S/C12H15NO2S/c1-3-5-10(4-2)13-8-9-6-7-16-11(9)12(14)15/h2,6-7,10,13H,3,5,8H2,1H3,(H,14,15). The monoisotopic (exact) mass is 237 g/mol. The SMILES string of the molecule is C#CC(CCC)NCc1ccsc1C(=O)O. The Bertz CT molecular complexity index is 392. The summed E-state index contributed by atoms with van der Waals surface area (Å²) in [6.45, 7) is 2.58. The molecule has 0 aromatic carbocycles. The fourth-order valence-electron chi connectivity index (χ4n) is 1.43. The molecular weight excluding hydrogens is 222 g/mol. The summed E-state index contributed by atoms with van der Waals surface area (Å²) in [6.07, 6.45) is 7.29. The molecule has 0 saturated carbocycles. The van der Waals surface area contributed by atoms with Gasteiger partial charge in [-0.15, -0.1) is 17.8 Å². The number of carboxylic acid groups (broad SMARTS) is 1. The van der Waals surface area contributed by atoms with E-state index in [4.69, 9.17) is 11.5 Å². The Balaban J connectivity index is 2.57. The third kappa shape index (κ3) is 3.37. The highest BCUT2D eigenvalue weighted by atomic mass is 32.1. The number of hydrogen-bond donors (Lipinski definition) is 2. The molecule has 0 saturated heterocycles. The summed E-state index contributed by atoms with van der Waals surface area (Å²) in [5.41, 5.74) is 0.800. The molecule has 0 fully saturated rings. The van der Waals surface area contributed by atoms with Crippen LogP contribution in [0.15, 0.2) is 11.4 Å². The largest absolute Gasteiger partial charge is 0.477 e. The molecule has 86 valence electrons. The molecule has 0 aliphatic heterocycles. The first-order valence-corrected chi connectivity index (χ1v) is 6.06. The lowest BCUT2D eigenvalue weighted by molar-refractivity contribution is 0.0701. The Morgan fingerprint density at radius 1 is 1.75 bits per heavy atom. The Hall–Kier alpha value is -1.31. The second-order valence-electron chi connectivity index (χ2n) is 3.47. The van der Waals surface area contributed by atoms with Crippen molar-refractivity contribution in [2.45, 2.75) is 32.4 Å². The number of hydrogen-bond acceptors (Lipinski definition) is 3. The van der Waals surface area contributed by atoms with E-state index in [1.165, 1.54) is 11.3 Å². The van der Waals surface area contributed by atoms with Crippen LogP contribution in [0.5, 0.6) is 0 Å². The van der Waals surface area contributed by atoms with Gasteiger partial charge in [0.05, 0.1) is 6.04 Å². The summed E-state index contributed by atoms with van der Waals surface area (Å²) in [5.74, 6) is 1.78. The predicted octanol–water partition coefficient (Wildman–Crippen LogP) is 2.34. The van der Waals surface area contributed by atoms with Crippen LogP contribution in [0, 0.1) is 12.3 Å². The lowest BCUT2D eigenvalue weighted by atomic mass is 10.1. The molecule has 4 heteroatoms. The highest BCUT2D eigenvalue weighted by Gasteiger charge is 2.12. The van der Waals surface area contributed by atoms with Crippen LogP contribution in [0.4, 0.5) is 0 Å². The first-order chi connectivity index (χ1) is 7.69. The fraction of sp³-hybridized carbons (Fsp3) is 0.417. The zero-order chi connectivity index (χ0) is 12.0. The molecule has 0 spiro atoms. The molecule has 1 rings (SSSR count). The number of carbonyl (C=O) groups is 1. The number of thiophene rings is 1. The van der Waals surface area contributed by atoms with Crippen molar-refractivity contribution in [1.29, 1.82) is 0 Å². The van der Waals surface area contributed by atoms with Gasteiger partial charge in [-0.1, -0.05) is 19.3 Å². The van der Waals surface area contributed by atoms with Crippen molar-refractivity contribution in [3.05, 3.63) is 21.9 Å². The van der Waals surface area contributed by atoms with Crippen molar-refractivity contribution in [2.75, 3.05) is 0 Å². The minimum atomic E-state index is -0.875. The second-order valence-corrected chi connectivity index (χ2v) is 4.39. The molecule has 0 bridgehead atoms. The van der Waals surface area contributed by atoms with Crippen LogP contribution < -0.4 is 5.32 Å². The Morgan fingerprint density at radius 2 is 2.50 bits per heavy atom. The predicted molar refractivity (Wildman–Crippen MR) is 65.6 cm³/mol. The topological polar surface area (TPSA) is 49.3 Å². The summed E-state index contributed by atoms with van der Waals surface area (Å²) in [6, 6.07) is 1.84. The summed E-state index contributed by atoms with van der Waals surface area (Å²) in [5, 5.41) is 13.9. The lowest BCUT2D eigenvalue weighted by Gasteiger charge is -2.11. The lowest BCUT2D eigenvalue weighted by Crippen LogP contribution is -2.27. The number of carboxylic acids is 1. The quantitative estimate of drug-likeness (QED) is 0.747. The maximum atomic E-state index is 10.9.